The van der Waals surface area contributed by atoms with Gasteiger partial charge in [-0.15, -0.1) is 0 Å². The van der Waals surface area contributed by atoms with E-state index in [0.29, 0.717) is 0 Å². The summed E-state index contributed by atoms with van der Waals surface area (Å²) in [5.74, 6) is -0.217. The van der Waals surface area contributed by atoms with Crippen LogP contribution in [0.3, 0.4) is 0 Å². The molecule has 0 fully saturated rings. The first-order chi connectivity index (χ1) is 9.61. The third kappa shape index (κ3) is 3.06. The predicted molar refractivity (Wildman–Crippen MR) is 77.8 cm³/mol. The van der Waals surface area contributed by atoms with Crippen LogP contribution in [0.2, 0.25) is 0 Å². The summed E-state index contributed by atoms with van der Waals surface area (Å²) in [7, 11) is 2.93. The Morgan fingerprint density at radius 2 is 1.85 bits per heavy atom. The summed E-state index contributed by atoms with van der Waals surface area (Å²) in [6.45, 7) is -0.101. The van der Waals surface area contributed by atoms with E-state index in [4.69, 9.17) is 0 Å². The summed E-state index contributed by atoms with van der Waals surface area (Å²) in [5.41, 5.74) is 0.778. The van der Waals surface area contributed by atoms with Crippen LogP contribution < -0.4 is 10.2 Å². The second kappa shape index (κ2) is 6.06. The Morgan fingerprint density at radius 3 is 2.55 bits per heavy atom. The summed E-state index contributed by atoms with van der Waals surface area (Å²) in [5, 5.41) is 4.54. The number of hydrogen-bond donors (Lipinski definition) is 1. The van der Waals surface area contributed by atoms with Crippen LogP contribution in [-0.2, 0) is 9.53 Å². The molecule has 0 aliphatic rings. The van der Waals surface area contributed by atoms with Gasteiger partial charge >= 0.3 is 6.09 Å². The van der Waals surface area contributed by atoms with E-state index in [9.17, 15) is 9.59 Å². The molecule has 0 spiro atoms. The van der Waals surface area contributed by atoms with Gasteiger partial charge in [0.15, 0.2) is 0 Å². The van der Waals surface area contributed by atoms with Gasteiger partial charge in [-0.25, -0.2) is 4.79 Å². The fourth-order valence-corrected chi connectivity index (χ4v) is 1.87. The standard InChI is InChI=1S/C15H16N2O3/c1-17(14(18)10-16-15(19)20-2)13-8-7-11-5-3-4-6-12(11)9-13/h3-9H,10H2,1-2H3,(H,16,19). The molecule has 104 valence electrons. The van der Waals surface area contributed by atoms with Gasteiger partial charge in [-0.1, -0.05) is 30.3 Å². The third-order valence-corrected chi connectivity index (χ3v) is 3.06. The monoisotopic (exact) mass is 272 g/mol. The fourth-order valence-electron chi connectivity index (χ4n) is 1.87. The zero-order valence-corrected chi connectivity index (χ0v) is 11.4. The number of fused-ring (bicyclic) bond motifs is 1. The van der Waals surface area contributed by atoms with E-state index < -0.39 is 6.09 Å². The number of amides is 2. The number of nitrogens with one attached hydrogen (secondary N) is 1. The van der Waals surface area contributed by atoms with E-state index in [-0.39, 0.29) is 12.5 Å². The molecule has 0 bridgehead atoms. The van der Waals surface area contributed by atoms with Gasteiger partial charge in [-0.3, -0.25) is 4.79 Å². The van der Waals surface area contributed by atoms with Crippen molar-refractivity contribution in [3.63, 3.8) is 0 Å². The van der Waals surface area contributed by atoms with Crippen molar-refractivity contribution in [2.75, 3.05) is 25.6 Å². The van der Waals surface area contributed by atoms with Crippen molar-refractivity contribution in [3.05, 3.63) is 42.5 Å². The van der Waals surface area contributed by atoms with Crippen molar-refractivity contribution < 1.29 is 14.3 Å². The van der Waals surface area contributed by atoms with E-state index in [0.717, 1.165) is 16.5 Å². The van der Waals surface area contributed by atoms with Crippen molar-refractivity contribution in [1.29, 1.82) is 0 Å². The average Bonchev–Trinajstić information content (AvgIpc) is 2.50. The third-order valence-electron chi connectivity index (χ3n) is 3.06. The molecule has 0 saturated carbocycles. The van der Waals surface area contributed by atoms with Gasteiger partial charge in [-0.2, -0.15) is 0 Å². The number of carbonyl (C=O) groups is 2. The van der Waals surface area contributed by atoms with Crippen molar-refractivity contribution in [2.45, 2.75) is 0 Å². The second-order valence-corrected chi connectivity index (χ2v) is 4.33. The molecule has 0 saturated heterocycles. The number of methoxy groups -OCH3 is 1. The number of benzene rings is 2. The van der Waals surface area contributed by atoms with Crippen LogP contribution in [0, 0.1) is 0 Å². The van der Waals surface area contributed by atoms with Gasteiger partial charge in [0.1, 0.15) is 6.54 Å². The van der Waals surface area contributed by atoms with Crippen molar-refractivity contribution in [1.82, 2.24) is 5.32 Å². The number of hydrogen-bond acceptors (Lipinski definition) is 3. The largest absolute Gasteiger partial charge is 0.453 e. The van der Waals surface area contributed by atoms with E-state index in [1.54, 1.807) is 7.05 Å². The number of carbonyl (C=O) groups excluding carboxylic acids is 2. The lowest BCUT2D eigenvalue weighted by Crippen LogP contribution is -2.38. The Hall–Kier alpha value is -2.56. The number of ether oxygens (including phenoxy) is 1. The highest BCUT2D eigenvalue weighted by molar-refractivity contribution is 5.98. The summed E-state index contributed by atoms with van der Waals surface area (Å²) in [6, 6.07) is 13.7. The van der Waals surface area contributed by atoms with Crippen LogP contribution >= 0.6 is 0 Å². The Kier molecular flexibility index (Phi) is 4.20. The highest BCUT2D eigenvalue weighted by atomic mass is 16.5. The molecule has 2 aromatic rings. The Balaban J connectivity index is 2.12. The van der Waals surface area contributed by atoms with Gasteiger partial charge < -0.3 is 15.0 Å². The van der Waals surface area contributed by atoms with E-state index in [2.05, 4.69) is 10.1 Å². The maximum Gasteiger partial charge on any atom is 0.407 e. The molecule has 5 heteroatoms. The first-order valence-electron chi connectivity index (χ1n) is 6.19. The minimum Gasteiger partial charge on any atom is -0.453 e. The second-order valence-electron chi connectivity index (χ2n) is 4.33. The normalized spacial score (nSPS) is 10.1. The first kappa shape index (κ1) is 13.9. The Bertz CT molecular complexity index is 640. The highest BCUT2D eigenvalue weighted by Crippen LogP contribution is 2.21. The number of likely N-dealkylation sites (N-methyl/N-ethyl adjacent to an activating group) is 1. The summed E-state index contributed by atoms with van der Waals surface area (Å²) >= 11 is 0. The van der Waals surface area contributed by atoms with Gasteiger partial charge in [0.25, 0.3) is 0 Å². The van der Waals surface area contributed by atoms with Crippen molar-refractivity contribution >= 4 is 28.5 Å². The molecule has 2 amide bonds. The average molecular weight is 272 g/mol. The molecular formula is C15H16N2O3. The molecule has 0 aliphatic carbocycles. The van der Waals surface area contributed by atoms with Crippen LogP contribution in [0.25, 0.3) is 10.8 Å². The quantitative estimate of drug-likeness (QED) is 0.931. The molecule has 1 N–H and O–H groups in total. The maximum absolute atomic E-state index is 12.0. The van der Waals surface area contributed by atoms with E-state index in [1.165, 1.54) is 12.0 Å². The highest BCUT2D eigenvalue weighted by Gasteiger charge is 2.12. The molecule has 0 aliphatic heterocycles. The lowest BCUT2D eigenvalue weighted by atomic mass is 10.1. The number of alkyl carbamates (subject to hydrolysis) is 1. The number of anilines is 1. The van der Waals surface area contributed by atoms with E-state index in [1.807, 2.05) is 42.5 Å². The zero-order valence-electron chi connectivity index (χ0n) is 11.4. The van der Waals surface area contributed by atoms with Crippen molar-refractivity contribution in [2.24, 2.45) is 0 Å². The Morgan fingerprint density at radius 1 is 1.15 bits per heavy atom. The molecule has 5 nitrogen and oxygen atoms in total. The Labute approximate surface area is 117 Å². The molecule has 20 heavy (non-hydrogen) atoms. The lowest BCUT2D eigenvalue weighted by molar-refractivity contribution is -0.117. The number of nitrogens with zero attached hydrogens (tertiary/aromatic N) is 1. The van der Waals surface area contributed by atoms with Crippen LogP contribution in [0.5, 0.6) is 0 Å². The van der Waals surface area contributed by atoms with Crippen LogP contribution in [-0.4, -0.2) is 32.7 Å². The molecule has 0 radical (unpaired) electrons. The molecule has 2 aromatic carbocycles. The smallest absolute Gasteiger partial charge is 0.407 e. The molecule has 0 aromatic heterocycles. The number of rotatable bonds is 3. The van der Waals surface area contributed by atoms with Gasteiger partial charge in [0.05, 0.1) is 7.11 Å². The van der Waals surface area contributed by atoms with E-state index >= 15 is 0 Å². The fraction of sp³-hybridized carbons (Fsp3) is 0.200. The van der Waals surface area contributed by atoms with Crippen LogP contribution in [0.4, 0.5) is 10.5 Å². The van der Waals surface area contributed by atoms with Crippen LogP contribution in [0.1, 0.15) is 0 Å². The zero-order chi connectivity index (χ0) is 14.5. The lowest BCUT2D eigenvalue weighted by Gasteiger charge is -2.18. The molecule has 0 unspecified atom stereocenters. The predicted octanol–water partition coefficient (Wildman–Crippen LogP) is 2.16. The SMILES string of the molecule is COC(=O)NCC(=O)N(C)c1ccc2ccccc2c1. The van der Waals surface area contributed by atoms with Gasteiger partial charge in [0.2, 0.25) is 5.91 Å². The molecule has 2 rings (SSSR count). The van der Waals surface area contributed by atoms with Gasteiger partial charge in [0, 0.05) is 12.7 Å². The topological polar surface area (TPSA) is 58.6 Å². The molecule has 0 heterocycles. The first-order valence-corrected chi connectivity index (χ1v) is 6.19. The molecular weight excluding hydrogens is 256 g/mol. The summed E-state index contributed by atoms with van der Waals surface area (Å²) < 4.78 is 4.42. The molecule has 0 atom stereocenters. The van der Waals surface area contributed by atoms with Crippen molar-refractivity contribution in [3.8, 4) is 0 Å². The van der Waals surface area contributed by atoms with Crippen LogP contribution in [0.15, 0.2) is 42.5 Å². The van der Waals surface area contributed by atoms with Gasteiger partial charge in [-0.05, 0) is 22.9 Å². The maximum atomic E-state index is 12.0. The minimum absolute atomic E-state index is 0.101. The summed E-state index contributed by atoms with van der Waals surface area (Å²) in [6.07, 6.45) is -0.620. The minimum atomic E-state index is -0.620. The summed E-state index contributed by atoms with van der Waals surface area (Å²) in [4.78, 5) is 24.4.